The summed E-state index contributed by atoms with van der Waals surface area (Å²) in [7, 11) is 0. The second-order valence-electron chi connectivity index (χ2n) is 5.07. The highest BCUT2D eigenvalue weighted by molar-refractivity contribution is 6.11. The van der Waals surface area contributed by atoms with E-state index >= 15 is 0 Å². The molecule has 1 aliphatic rings. The zero-order valence-electron chi connectivity index (χ0n) is 10.2. The summed E-state index contributed by atoms with van der Waals surface area (Å²) in [6.07, 6.45) is 5.38. The van der Waals surface area contributed by atoms with Crippen molar-refractivity contribution >= 4 is 16.7 Å². The Balaban J connectivity index is 2.12. The van der Waals surface area contributed by atoms with Gasteiger partial charge in [0.2, 0.25) is 0 Å². The van der Waals surface area contributed by atoms with Crippen LogP contribution < -0.4 is 5.73 Å². The van der Waals surface area contributed by atoms with Crippen molar-refractivity contribution in [2.75, 3.05) is 0 Å². The molecule has 92 valence electrons. The maximum Gasteiger partial charge on any atom is 0.184 e. The summed E-state index contributed by atoms with van der Waals surface area (Å²) in [5, 5.41) is 0.991. The molecule has 1 fully saturated rings. The molecular weight excluding hydrogens is 224 g/mol. The Kier molecular flexibility index (Phi) is 2.63. The van der Waals surface area contributed by atoms with Crippen molar-refractivity contribution in [3.63, 3.8) is 0 Å². The Morgan fingerprint density at radius 3 is 2.67 bits per heavy atom. The fourth-order valence-electron chi connectivity index (χ4n) is 2.79. The summed E-state index contributed by atoms with van der Waals surface area (Å²) in [6.45, 7) is 0. The van der Waals surface area contributed by atoms with Gasteiger partial charge in [-0.2, -0.15) is 0 Å². The lowest BCUT2D eigenvalue weighted by atomic mass is 9.88. The summed E-state index contributed by atoms with van der Waals surface area (Å²) in [5.74, 6) is 0.0456. The lowest BCUT2D eigenvalue weighted by Crippen LogP contribution is -2.45. The monoisotopic (exact) mass is 240 g/mol. The summed E-state index contributed by atoms with van der Waals surface area (Å²) in [5.41, 5.74) is 7.00. The van der Waals surface area contributed by atoms with Gasteiger partial charge in [0, 0.05) is 17.1 Å². The number of nitrogens with zero attached hydrogens (tertiary/aromatic N) is 1. The molecule has 1 saturated carbocycles. The third-order valence-electron chi connectivity index (χ3n) is 3.83. The molecule has 18 heavy (non-hydrogen) atoms. The van der Waals surface area contributed by atoms with Gasteiger partial charge in [-0.15, -0.1) is 0 Å². The SMILES string of the molecule is NC1(C(=O)c2cccc3cccnc23)CCCC1. The van der Waals surface area contributed by atoms with Gasteiger partial charge in [-0.25, -0.2) is 0 Å². The molecule has 0 radical (unpaired) electrons. The van der Waals surface area contributed by atoms with Crippen LogP contribution in [0.4, 0.5) is 0 Å². The normalized spacial score (nSPS) is 18.1. The maximum absolute atomic E-state index is 12.6. The maximum atomic E-state index is 12.6. The Morgan fingerprint density at radius 1 is 1.17 bits per heavy atom. The predicted octanol–water partition coefficient (Wildman–Crippen LogP) is 2.69. The number of benzene rings is 1. The zero-order valence-corrected chi connectivity index (χ0v) is 10.2. The molecule has 0 saturated heterocycles. The van der Waals surface area contributed by atoms with Crippen LogP contribution >= 0.6 is 0 Å². The van der Waals surface area contributed by atoms with Crippen molar-refractivity contribution in [3.8, 4) is 0 Å². The van der Waals surface area contributed by atoms with Crippen LogP contribution in [0.5, 0.6) is 0 Å². The number of para-hydroxylation sites is 1. The van der Waals surface area contributed by atoms with Crippen LogP contribution in [0.25, 0.3) is 10.9 Å². The van der Waals surface area contributed by atoms with Gasteiger partial charge in [0.15, 0.2) is 5.78 Å². The minimum atomic E-state index is -0.675. The zero-order chi connectivity index (χ0) is 12.6. The number of carbonyl (C=O) groups excluding carboxylic acids is 1. The number of carbonyl (C=O) groups is 1. The molecule has 0 aliphatic heterocycles. The van der Waals surface area contributed by atoms with Crippen molar-refractivity contribution in [1.82, 2.24) is 4.98 Å². The Labute approximate surface area is 106 Å². The van der Waals surface area contributed by atoms with Crippen molar-refractivity contribution in [2.45, 2.75) is 31.2 Å². The van der Waals surface area contributed by atoms with Crippen LogP contribution in [0.3, 0.4) is 0 Å². The summed E-state index contributed by atoms with van der Waals surface area (Å²) >= 11 is 0. The van der Waals surface area contributed by atoms with Crippen LogP contribution in [-0.4, -0.2) is 16.3 Å². The fourth-order valence-corrected chi connectivity index (χ4v) is 2.79. The van der Waals surface area contributed by atoms with Gasteiger partial charge in [0.05, 0.1) is 11.1 Å². The predicted molar refractivity (Wildman–Crippen MR) is 71.5 cm³/mol. The average Bonchev–Trinajstić information content (AvgIpc) is 2.85. The lowest BCUT2D eigenvalue weighted by molar-refractivity contribution is 0.0893. The van der Waals surface area contributed by atoms with E-state index in [-0.39, 0.29) is 5.78 Å². The van der Waals surface area contributed by atoms with E-state index in [4.69, 9.17) is 5.73 Å². The van der Waals surface area contributed by atoms with Gasteiger partial charge in [0.1, 0.15) is 0 Å². The number of nitrogens with two attached hydrogens (primary N) is 1. The molecule has 1 aromatic heterocycles. The largest absolute Gasteiger partial charge is 0.319 e. The van der Waals surface area contributed by atoms with Gasteiger partial charge in [0.25, 0.3) is 0 Å². The highest BCUT2D eigenvalue weighted by Crippen LogP contribution is 2.31. The standard InChI is InChI=1S/C15H16N2O/c16-15(8-1-2-9-15)14(18)12-7-3-5-11-6-4-10-17-13(11)12/h3-7,10H,1-2,8-9,16H2. The van der Waals surface area contributed by atoms with E-state index in [9.17, 15) is 4.79 Å². The molecule has 1 aromatic carbocycles. The number of hydrogen-bond donors (Lipinski definition) is 1. The highest BCUT2D eigenvalue weighted by Gasteiger charge is 2.38. The van der Waals surface area contributed by atoms with Crippen LogP contribution in [0.1, 0.15) is 36.0 Å². The first-order valence-corrected chi connectivity index (χ1v) is 6.38. The van der Waals surface area contributed by atoms with Gasteiger partial charge >= 0.3 is 0 Å². The highest BCUT2D eigenvalue weighted by atomic mass is 16.1. The molecule has 0 bridgehead atoms. The molecule has 3 nitrogen and oxygen atoms in total. The van der Waals surface area contributed by atoms with Crippen LogP contribution in [-0.2, 0) is 0 Å². The van der Waals surface area contributed by atoms with E-state index < -0.39 is 5.54 Å². The van der Waals surface area contributed by atoms with E-state index in [0.717, 1.165) is 36.6 Å². The molecule has 2 aromatic rings. The first kappa shape index (κ1) is 11.4. The minimum absolute atomic E-state index is 0.0456. The van der Waals surface area contributed by atoms with Gasteiger partial charge in [-0.3, -0.25) is 9.78 Å². The molecular formula is C15H16N2O. The second-order valence-corrected chi connectivity index (χ2v) is 5.07. The first-order valence-electron chi connectivity index (χ1n) is 6.38. The quantitative estimate of drug-likeness (QED) is 0.821. The molecule has 0 spiro atoms. The number of hydrogen-bond acceptors (Lipinski definition) is 3. The number of Topliss-reactive ketones (excluding diaryl/α,β-unsaturated/α-hetero) is 1. The fraction of sp³-hybridized carbons (Fsp3) is 0.333. The number of rotatable bonds is 2. The summed E-state index contributed by atoms with van der Waals surface area (Å²) in [4.78, 5) is 16.9. The Morgan fingerprint density at radius 2 is 1.89 bits per heavy atom. The van der Waals surface area contributed by atoms with Crippen molar-refractivity contribution in [1.29, 1.82) is 0 Å². The van der Waals surface area contributed by atoms with Gasteiger partial charge < -0.3 is 5.73 Å². The third kappa shape index (κ3) is 1.71. The van der Waals surface area contributed by atoms with Crippen LogP contribution in [0, 0.1) is 0 Å². The summed E-state index contributed by atoms with van der Waals surface area (Å²) in [6, 6.07) is 9.55. The van der Waals surface area contributed by atoms with E-state index in [0.29, 0.717) is 5.56 Å². The molecule has 1 aliphatic carbocycles. The minimum Gasteiger partial charge on any atom is -0.319 e. The smallest absolute Gasteiger partial charge is 0.184 e. The van der Waals surface area contributed by atoms with E-state index in [1.807, 2.05) is 30.3 Å². The van der Waals surface area contributed by atoms with E-state index in [1.165, 1.54) is 0 Å². The molecule has 3 rings (SSSR count). The molecule has 0 amide bonds. The molecule has 0 unspecified atom stereocenters. The lowest BCUT2D eigenvalue weighted by Gasteiger charge is -2.22. The number of aromatic nitrogens is 1. The molecule has 0 atom stereocenters. The van der Waals surface area contributed by atoms with Crippen molar-refractivity contribution < 1.29 is 4.79 Å². The van der Waals surface area contributed by atoms with E-state index in [2.05, 4.69) is 4.98 Å². The molecule has 3 heteroatoms. The Hall–Kier alpha value is -1.74. The number of pyridine rings is 1. The molecule has 2 N–H and O–H groups in total. The third-order valence-corrected chi connectivity index (χ3v) is 3.83. The average molecular weight is 240 g/mol. The molecule has 1 heterocycles. The van der Waals surface area contributed by atoms with Gasteiger partial charge in [-0.1, -0.05) is 31.0 Å². The first-order chi connectivity index (χ1) is 8.71. The Bertz CT molecular complexity index is 595. The van der Waals surface area contributed by atoms with Crippen LogP contribution in [0.15, 0.2) is 36.5 Å². The van der Waals surface area contributed by atoms with Crippen molar-refractivity contribution in [3.05, 3.63) is 42.1 Å². The van der Waals surface area contributed by atoms with Gasteiger partial charge in [-0.05, 0) is 25.0 Å². The second kappa shape index (κ2) is 4.18. The van der Waals surface area contributed by atoms with Crippen molar-refractivity contribution in [2.24, 2.45) is 5.73 Å². The number of fused-ring (bicyclic) bond motifs is 1. The van der Waals surface area contributed by atoms with Crippen LogP contribution in [0.2, 0.25) is 0 Å². The van der Waals surface area contributed by atoms with E-state index in [1.54, 1.807) is 6.20 Å². The summed E-state index contributed by atoms with van der Waals surface area (Å²) < 4.78 is 0. The topological polar surface area (TPSA) is 56.0 Å². The number of ketones is 1.